The molecule has 1 aliphatic heterocycles. The molecule has 9 heteroatoms. The van der Waals surface area contributed by atoms with Crippen molar-refractivity contribution in [1.29, 1.82) is 0 Å². The van der Waals surface area contributed by atoms with Gasteiger partial charge in [0.15, 0.2) is 0 Å². The molecule has 0 atom stereocenters. The number of nitrogens with zero attached hydrogens (tertiary/aromatic N) is 3. The Morgan fingerprint density at radius 2 is 2.00 bits per heavy atom. The van der Waals surface area contributed by atoms with Gasteiger partial charge in [0.2, 0.25) is 5.91 Å². The second kappa shape index (κ2) is 9.82. The quantitative estimate of drug-likeness (QED) is 0.726. The number of carbonyl (C=O) groups is 1. The Bertz CT molecular complexity index is 875. The molecule has 2 aliphatic rings. The number of piperazine rings is 1. The van der Waals surface area contributed by atoms with Crippen molar-refractivity contribution in [2.45, 2.75) is 38.6 Å². The van der Waals surface area contributed by atoms with E-state index in [1.165, 1.54) is 16.9 Å². The molecule has 28 heavy (non-hydrogen) atoms. The zero-order chi connectivity index (χ0) is 18.6. The van der Waals surface area contributed by atoms with E-state index in [1.807, 2.05) is 0 Å². The minimum atomic E-state index is -0.00974. The van der Waals surface area contributed by atoms with Gasteiger partial charge < -0.3 is 10.6 Å². The molecule has 1 aliphatic carbocycles. The van der Waals surface area contributed by atoms with Crippen molar-refractivity contribution >= 4 is 39.9 Å². The molecule has 0 saturated carbocycles. The minimum Gasteiger partial charge on any atom is -0.355 e. The monoisotopic (exact) mass is 425 g/mol. The van der Waals surface area contributed by atoms with Crippen molar-refractivity contribution in [3.63, 3.8) is 0 Å². The maximum atomic E-state index is 12.9. The number of thiophene rings is 1. The summed E-state index contributed by atoms with van der Waals surface area (Å²) in [5.41, 5.74) is 1.21. The smallest absolute Gasteiger partial charge is 0.262 e. The average Bonchev–Trinajstić information content (AvgIpc) is 3.07. The maximum absolute atomic E-state index is 12.9. The highest BCUT2D eigenvalue weighted by molar-refractivity contribution is 7.18. The van der Waals surface area contributed by atoms with Crippen LogP contribution in [0.25, 0.3) is 10.2 Å². The number of aryl methyl sites for hydroxylation is 3. The van der Waals surface area contributed by atoms with Gasteiger partial charge in [-0.05, 0) is 31.2 Å². The van der Waals surface area contributed by atoms with Crippen molar-refractivity contribution < 1.29 is 4.79 Å². The number of halogens is 1. The lowest BCUT2D eigenvalue weighted by atomic mass is 9.97. The summed E-state index contributed by atoms with van der Waals surface area (Å²) in [5, 5.41) is 7.08. The third-order valence-electron chi connectivity index (χ3n) is 5.48. The lowest BCUT2D eigenvalue weighted by molar-refractivity contribution is -0.121. The number of fused-ring (bicyclic) bond motifs is 3. The first-order valence-electron chi connectivity index (χ1n) is 9.92. The highest BCUT2D eigenvalue weighted by Gasteiger charge is 2.20. The summed E-state index contributed by atoms with van der Waals surface area (Å²) in [4.78, 5) is 34.0. The fraction of sp³-hybridized carbons (Fsp3) is 0.632. The van der Waals surface area contributed by atoms with E-state index in [0.29, 0.717) is 19.5 Å². The van der Waals surface area contributed by atoms with Gasteiger partial charge in [0.05, 0.1) is 11.7 Å². The normalized spacial score (nSPS) is 17.1. The molecule has 154 valence electrons. The number of nitrogens with one attached hydrogen (secondary N) is 2. The van der Waals surface area contributed by atoms with Crippen LogP contribution in [0.4, 0.5) is 0 Å². The molecule has 7 nitrogen and oxygen atoms in total. The zero-order valence-corrected chi connectivity index (χ0v) is 17.7. The summed E-state index contributed by atoms with van der Waals surface area (Å²) in [6.07, 6.45) is 6.28. The molecular formula is C19H28ClN5O2S. The number of aromatic nitrogens is 2. The molecule has 2 aromatic heterocycles. The molecule has 0 radical (unpaired) electrons. The Labute approximate surface area is 174 Å². The van der Waals surface area contributed by atoms with Gasteiger partial charge in [-0.1, -0.05) is 0 Å². The van der Waals surface area contributed by atoms with Crippen LogP contribution in [-0.2, 0) is 24.2 Å². The van der Waals surface area contributed by atoms with Gasteiger partial charge in [-0.15, -0.1) is 23.7 Å². The van der Waals surface area contributed by atoms with E-state index in [0.717, 1.165) is 62.2 Å². The van der Waals surface area contributed by atoms with E-state index in [2.05, 4.69) is 20.5 Å². The number of carbonyl (C=O) groups excluding carboxylic acids is 1. The molecular weight excluding hydrogens is 398 g/mol. The van der Waals surface area contributed by atoms with Crippen LogP contribution in [0.5, 0.6) is 0 Å². The van der Waals surface area contributed by atoms with E-state index in [-0.39, 0.29) is 23.9 Å². The molecule has 2 aromatic rings. The molecule has 0 aromatic carbocycles. The highest BCUT2D eigenvalue weighted by Crippen LogP contribution is 2.33. The van der Waals surface area contributed by atoms with Crippen LogP contribution in [0, 0.1) is 0 Å². The molecule has 1 saturated heterocycles. The Hall–Kier alpha value is -1.48. The van der Waals surface area contributed by atoms with Gasteiger partial charge in [0, 0.05) is 57.1 Å². The first-order chi connectivity index (χ1) is 13.2. The second-order valence-corrected chi connectivity index (χ2v) is 8.41. The van der Waals surface area contributed by atoms with Crippen LogP contribution in [-0.4, -0.2) is 59.6 Å². The Morgan fingerprint density at radius 3 is 2.82 bits per heavy atom. The second-order valence-electron chi connectivity index (χ2n) is 7.33. The van der Waals surface area contributed by atoms with Crippen molar-refractivity contribution in [3.05, 3.63) is 27.1 Å². The van der Waals surface area contributed by atoms with Gasteiger partial charge in [0.25, 0.3) is 5.56 Å². The van der Waals surface area contributed by atoms with E-state index >= 15 is 0 Å². The minimum absolute atomic E-state index is 0. The van der Waals surface area contributed by atoms with Gasteiger partial charge in [-0.2, -0.15) is 0 Å². The molecule has 4 rings (SSSR count). The van der Waals surface area contributed by atoms with Crippen molar-refractivity contribution in [2.75, 3.05) is 39.3 Å². The fourth-order valence-electron chi connectivity index (χ4n) is 3.94. The standard InChI is InChI=1S/C19H27N5O2S.ClH/c25-16(21-8-12-23-10-6-20-7-11-23)5-9-24-13-22-18-17(19(24)26)14-3-1-2-4-15(14)27-18;/h13,20H,1-12H2,(H,21,25);1H. The zero-order valence-electron chi connectivity index (χ0n) is 16.0. The molecule has 3 heterocycles. The largest absolute Gasteiger partial charge is 0.355 e. The maximum Gasteiger partial charge on any atom is 0.262 e. The van der Waals surface area contributed by atoms with Crippen molar-refractivity contribution in [2.24, 2.45) is 0 Å². The van der Waals surface area contributed by atoms with Gasteiger partial charge in [0.1, 0.15) is 4.83 Å². The summed E-state index contributed by atoms with van der Waals surface area (Å²) in [7, 11) is 0. The average molecular weight is 426 g/mol. The van der Waals surface area contributed by atoms with Gasteiger partial charge in [-0.25, -0.2) is 4.98 Å². The molecule has 1 fully saturated rings. The van der Waals surface area contributed by atoms with Crippen LogP contribution in [0.1, 0.15) is 29.7 Å². The van der Waals surface area contributed by atoms with Crippen LogP contribution < -0.4 is 16.2 Å². The predicted molar refractivity (Wildman–Crippen MR) is 115 cm³/mol. The van der Waals surface area contributed by atoms with Crippen LogP contribution in [0.2, 0.25) is 0 Å². The van der Waals surface area contributed by atoms with Crippen LogP contribution >= 0.6 is 23.7 Å². The molecule has 2 N–H and O–H groups in total. The Morgan fingerprint density at radius 1 is 1.21 bits per heavy atom. The summed E-state index contributed by atoms with van der Waals surface area (Å²) < 4.78 is 1.60. The first kappa shape index (κ1) is 21.2. The predicted octanol–water partition coefficient (Wildman–Crippen LogP) is 1.17. The molecule has 0 bridgehead atoms. The number of rotatable bonds is 6. The third-order valence-corrected chi connectivity index (χ3v) is 6.68. The molecule has 0 spiro atoms. The summed E-state index contributed by atoms with van der Waals surface area (Å²) in [6.45, 7) is 6.00. The first-order valence-corrected chi connectivity index (χ1v) is 10.7. The number of amides is 1. The van der Waals surface area contributed by atoms with E-state index in [4.69, 9.17) is 0 Å². The molecule has 1 amide bonds. The lowest BCUT2D eigenvalue weighted by Gasteiger charge is -2.27. The number of hydrogen-bond acceptors (Lipinski definition) is 6. The van der Waals surface area contributed by atoms with Crippen LogP contribution in [0.3, 0.4) is 0 Å². The van der Waals surface area contributed by atoms with Gasteiger partial charge in [-0.3, -0.25) is 19.1 Å². The number of hydrogen-bond donors (Lipinski definition) is 2. The highest BCUT2D eigenvalue weighted by atomic mass is 35.5. The van der Waals surface area contributed by atoms with Crippen molar-refractivity contribution in [3.8, 4) is 0 Å². The van der Waals surface area contributed by atoms with E-state index < -0.39 is 0 Å². The third kappa shape index (κ3) is 4.74. The van der Waals surface area contributed by atoms with E-state index in [1.54, 1.807) is 22.2 Å². The van der Waals surface area contributed by atoms with Crippen LogP contribution in [0.15, 0.2) is 11.1 Å². The summed E-state index contributed by atoms with van der Waals surface area (Å²) >= 11 is 1.66. The SMILES string of the molecule is Cl.O=C(CCn1cnc2sc3c(c2c1=O)CCCC3)NCCN1CCNCC1. The fourth-order valence-corrected chi connectivity index (χ4v) is 5.16. The van der Waals surface area contributed by atoms with Crippen molar-refractivity contribution in [1.82, 2.24) is 25.1 Å². The Balaban J connectivity index is 0.00000225. The molecule has 0 unspecified atom stereocenters. The summed E-state index contributed by atoms with van der Waals surface area (Å²) in [6, 6.07) is 0. The van der Waals surface area contributed by atoms with Gasteiger partial charge >= 0.3 is 0 Å². The summed E-state index contributed by atoms with van der Waals surface area (Å²) in [5.74, 6) is -0.00974. The topological polar surface area (TPSA) is 79.3 Å². The van der Waals surface area contributed by atoms with E-state index in [9.17, 15) is 9.59 Å². The Kier molecular flexibility index (Phi) is 7.45. The lowest BCUT2D eigenvalue weighted by Crippen LogP contribution is -2.46.